The molecule has 0 aromatic rings. The normalized spacial score (nSPS) is 21.0. The van der Waals surface area contributed by atoms with Gasteiger partial charge in [-0.3, -0.25) is 19.3 Å². The first-order valence-electron chi connectivity index (χ1n) is 9.84. The van der Waals surface area contributed by atoms with E-state index in [1.165, 1.54) is 11.8 Å². The van der Waals surface area contributed by atoms with E-state index in [-0.39, 0.29) is 24.0 Å². The molecule has 0 bridgehead atoms. The Morgan fingerprint density at radius 1 is 1.22 bits per heavy atom. The fourth-order valence-electron chi connectivity index (χ4n) is 3.76. The molecule has 1 heterocycles. The third kappa shape index (κ3) is 6.28. The van der Waals surface area contributed by atoms with Crippen molar-refractivity contribution in [3.8, 4) is 0 Å². The van der Waals surface area contributed by atoms with Crippen LogP contribution in [0.3, 0.4) is 0 Å². The third-order valence-electron chi connectivity index (χ3n) is 5.10. The van der Waals surface area contributed by atoms with E-state index in [4.69, 9.17) is 17.0 Å². The maximum atomic E-state index is 13.2. The summed E-state index contributed by atoms with van der Waals surface area (Å²) in [4.78, 5) is 40.3. The van der Waals surface area contributed by atoms with Crippen LogP contribution in [0.4, 0.5) is 0 Å². The number of ether oxygens (including phenoxy) is 1. The van der Waals surface area contributed by atoms with Gasteiger partial charge in [0, 0.05) is 24.6 Å². The molecule has 0 spiro atoms. The van der Waals surface area contributed by atoms with E-state index in [0.717, 1.165) is 37.9 Å². The van der Waals surface area contributed by atoms with Gasteiger partial charge in [0.25, 0.3) is 0 Å². The lowest BCUT2D eigenvalue weighted by atomic mass is 9.76. The zero-order valence-electron chi connectivity index (χ0n) is 16.8. The van der Waals surface area contributed by atoms with Crippen molar-refractivity contribution >= 4 is 46.0 Å². The minimum Gasteiger partial charge on any atom is -0.459 e. The Morgan fingerprint density at radius 2 is 1.85 bits per heavy atom. The van der Waals surface area contributed by atoms with Gasteiger partial charge in [0.2, 0.25) is 5.91 Å². The SMILES string of the molecule is C[C@H](CC(=O)N1CCSC1=S)C(C(=O)OC(C)(C)C)C(=O)C1CCCCC1. The molecule has 5 nitrogen and oxygen atoms in total. The fraction of sp³-hybridized carbons (Fsp3) is 0.800. The summed E-state index contributed by atoms with van der Waals surface area (Å²) < 4.78 is 6.13. The van der Waals surface area contributed by atoms with Gasteiger partial charge in [-0.05, 0) is 39.5 Å². The van der Waals surface area contributed by atoms with Crippen LogP contribution in [0, 0.1) is 17.8 Å². The van der Waals surface area contributed by atoms with E-state index in [9.17, 15) is 14.4 Å². The first kappa shape index (κ1) is 22.3. The van der Waals surface area contributed by atoms with Crippen LogP contribution in [0.15, 0.2) is 0 Å². The second-order valence-electron chi connectivity index (χ2n) is 8.59. The Morgan fingerprint density at radius 3 is 2.37 bits per heavy atom. The molecule has 152 valence electrons. The maximum Gasteiger partial charge on any atom is 0.317 e. The van der Waals surface area contributed by atoms with Crippen LogP contribution in [-0.2, 0) is 19.1 Å². The predicted molar refractivity (Wildman–Crippen MR) is 111 cm³/mol. The van der Waals surface area contributed by atoms with Gasteiger partial charge < -0.3 is 4.74 Å². The second kappa shape index (κ2) is 9.50. The molecule has 0 N–H and O–H groups in total. The summed E-state index contributed by atoms with van der Waals surface area (Å²) in [6.07, 6.45) is 4.95. The average Bonchev–Trinajstić information content (AvgIpc) is 3.00. The smallest absolute Gasteiger partial charge is 0.317 e. The van der Waals surface area contributed by atoms with E-state index in [0.29, 0.717) is 10.9 Å². The molecule has 2 atom stereocenters. The summed E-state index contributed by atoms with van der Waals surface area (Å²) in [5, 5.41) is 0. The van der Waals surface area contributed by atoms with E-state index >= 15 is 0 Å². The number of esters is 1. The van der Waals surface area contributed by atoms with Crippen molar-refractivity contribution in [1.29, 1.82) is 0 Å². The lowest BCUT2D eigenvalue weighted by Crippen LogP contribution is -2.41. The number of rotatable bonds is 6. The molecular formula is C20H31NO4S2. The summed E-state index contributed by atoms with van der Waals surface area (Å²) in [5.74, 6) is -1.26. The van der Waals surface area contributed by atoms with Crippen LogP contribution in [0.5, 0.6) is 0 Å². The van der Waals surface area contributed by atoms with Gasteiger partial charge in [-0.1, -0.05) is 50.2 Å². The van der Waals surface area contributed by atoms with Crippen molar-refractivity contribution < 1.29 is 19.1 Å². The first-order chi connectivity index (χ1) is 12.6. The van der Waals surface area contributed by atoms with E-state index in [1.54, 1.807) is 32.6 Å². The number of thiocarbonyl (C=S) groups is 1. The quantitative estimate of drug-likeness (QED) is 0.373. The summed E-state index contributed by atoms with van der Waals surface area (Å²) in [5.41, 5.74) is -0.668. The van der Waals surface area contributed by atoms with Gasteiger partial charge in [0.05, 0.1) is 0 Å². The monoisotopic (exact) mass is 413 g/mol. The summed E-state index contributed by atoms with van der Waals surface area (Å²) >= 11 is 6.71. The molecule has 0 aromatic heterocycles. The number of carbonyl (C=O) groups excluding carboxylic acids is 3. The number of nitrogens with zero attached hydrogens (tertiary/aromatic N) is 1. The Kier molecular flexibility index (Phi) is 7.86. The number of ketones is 1. The average molecular weight is 414 g/mol. The molecule has 2 fully saturated rings. The van der Waals surface area contributed by atoms with Crippen LogP contribution in [0.25, 0.3) is 0 Å². The number of hydrogen-bond donors (Lipinski definition) is 0. The Labute approximate surface area is 172 Å². The second-order valence-corrected chi connectivity index (χ2v) is 10.3. The predicted octanol–water partition coefficient (Wildman–Crippen LogP) is 3.98. The number of carbonyl (C=O) groups is 3. The lowest BCUT2D eigenvalue weighted by molar-refractivity contribution is -0.165. The minimum atomic E-state index is -0.889. The van der Waals surface area contributed by atoms with Gasteiger partial charge in [0.15, 0.2) is 0 Å². The van der Waals surface area contributed by atoms with Crippen molar-refractivity contribution in [3.63, 3.8) is 0 Å². The highest BCUT2D eigenvalue weighted by Crippen LogP contribution is 2.32. The molecule has 1 saturated heterocycles. The van der Waals surface area contributed by atoms with E-state index < -0.39 is 23.4 Å². The van der Waals surface area contributed by atoms with Gasteiger partial charge in [-0.25, -0.2) is 0 Å². The minimum absolute atomic E-state index is 0.0531. The Hall–Kier alpha value is -0.950. The zero-order valence-corrected chi connectivity index (χ0v) is 18.4. The van der Waals surface area contributed by atoms with Gasteiger partial charge in [-0.2, -0.15) is 0 Å². The summed E-state index contributed by atoms with van der Waals surface area (Å²) in [6.45, 7) is 7.79. The van der Waals surface area contributed by atoms with Crippen LogP contribution in [0.1, 0.15) is 66.2 Å². The van der Waals surface area contributed by atoms with Crippen LogP contribution < -0.4 is 0 Å². The summed E-state index contributed by atoms with van der Waals surface area (Å²) in [7, 11) is 0. The van der Waals surface area contributed by atoms with Gasteiger partial charge >= 0.3 is 5.97 Å². The van der Waals surface area contributed by atoms with Gasteiger partial charge in [-0.15, -0.1) is 0 Å². The number of thioether (sulfide) groups is 1. The molecule has 27 heavy (non-hydrogen) atoms. The van der Waals surface area contributed by atoms with Crippen molar-refractivity contribution in [3.05, 3.63) is 0 Å². The number of Topliss-reactive ketones (excluding diaryl/α,β-unsaturated/α-hetero) is 1. The molecule has 0 aromatic carbocycles. The molecule has 1 saturated carbocycles. The van der Waals surface area contributed by atoms with Crippen molar-refractivity contribution in [2.75, 3.05) is 12.3 Å². The molecule has 1 amide bonds. The fourth-order valence-corrected chi connectivity index (χ4v) is 5.00. The molecule has 0 radical (unpaired) electrons. The largest absolute Gasteiger partial charge is 0.459 e. The van der Waals surface area contributed by atoms with E-state index in [2.05, 4.69) is 0 Å². The number of hydrogen-bond acceptors (Lipinski definition) is 6. The van der Waals surface area contributed by atoms with Crippen LogP contribution in [0.2, 0.25) is 0 Å². The molecule has 1 aliphatic carbocycles. The third-order valence-corrected chi connectivity index (χ3v) is 6.53. The zero-order chi connectivity index (χ0) is 20.2. The van der Waals surface area contributed by atoms with Crippen LogP contribution >= 0.6 is 24.0 Å². The van der Waals surface area contributed by atoms with Crippen molar-refractivity contribution in [1.82, 2.24) is 4.90 Å². The van der Waals surface area contributed by atoms with Crippen molar-refractivity contribution in [2.45, 2.75) is 71.8 Å². The topological polar surface area (TPSA) is 63.7 Å². The van der Waals surface area contributed by atoms with Gasteiger partial charge in [0.1, 0.15) is 21.6 Å². The first-order valence-corrected chi connectivity index (χ1v) is 11.2. The van der Waals surface area contributed by atoms with Crippen molar-refractivity contribution in [2.24, 2.45) is 17.8 Å². The Balaban J connectivity index is 2.14. The maximum absolute atomic E-state index is 13.2. The highest BCUT2D eigenvalue weighted by molar-refractivity contribution is 8.23. The molecule has 2 aliphatic rings. The molecule has 1 aliphatic heterocycles. The number of amides is 1. The van der Waals surface area contributed by atoms with Crippen LogP contribution in [-0.4, -0.2) is 44.8 Å². The highest BCUT2D eigenvalue weighted by Gasteiger charge is 2.40. The Bertz CT molecular complexity index is 593. The molecule has 2 rings (SSSR count). The molecule has 7 heteroatoms. The standard InChI is InChI=1S/C20H31NO4S2/c1-13(12-15(22)21-10-11-27-19(21)26)16(18(24)25-20(2,3)4)17(23)14-8-6-5-7-9-14/h13-14,16H,5-12H2,1-4H3/t13-,16?/m1/s1. The molecule has 1 unspecified atom stereocenters. The lowest BCUT2D eigenvalue weighted by Gasteiger charge is -2.30. The highest BCUT2D eigenvalue weighted by atomic mass is 32.2. The molecular weight excluding hydrogens is 382 g/mol. The summed E-state index contributed by atoms with van der Waals surface area (Å²) in [6, 6.07) is 0. The van der Waals surface area contributed by atoms with E-state index in [1.807, 2.05) is 0 Å².